The fraction of sp³-hybridized carbons (Fsp3) is 0.389. The first-order chi connectivity index (χ1) is 12.1. The van der Waals surface area contributed by atoms with Gasteiger partial charge >= 0.3 is 12.0 Å². The van der Waals surface area contributed by atoms with Crippen LogP contribution in [0.5, 0.6) is 0 Å². The minimum Gasteiger partial charge on any atom is -0.481 e. The number of carboxylic acids is 1. The molecule has 0 saturated carbocycles. The van der Waals surface area contributed by atoms with Crippen LogP contribution in [0.3, 0.4) is 0 Å². The van der Waals surface area contributed by atoms with Gasteiger partial charge in [-0.3, -0.25) is 10.1 Å². The molecule has 1 aromatic carbocycles. The highest BCUT2D eigenvalue weighted by Gasteiger charge is 2.24. The summed E-state index contributed by atoms with van der Waals surface area (Å²) in [6.45, 7) is 0.333. The molecular weight excluding hydrogens is 338 g/mol. The van der Waals surface area contributed by atoms with E-state index in [1.165, 1.54) is 21.8 Å². The van der Waals surface area contributed by atoms with Crippen molar-refractivity contribution in [3.63, 3.8) is 0 Å². The zero-order chi connectivity index (χ0) is 17.6. The quantitative estimate of drug-likeness (QED) is 0.689. The fourth-order valence-electron chi connectivity index (χ4n) is 3.02. The van der Waals surface area contributed by atoms with Gasteiger partial charge in [0.25, 0.3) is 0 Å². The molecule has 2 amide bonds. The van der Waals surface area contributed by atoms with Crippen molar-refractivity contribution in [1.29, 1.82) is 0 Å². The van der Waals surface area contributed by atoms with Crippen molar-refractivity contribution in [3.05, 3.63) is 46.5 Å². The summed E-state index contributed by atoms with van der Waals surface area (Å²) in [4.78, 5) is 28.1. The Labute approximate surface area is 150 Å². The number of hydrogen-bond acceptors (Lipinski definition) is 4. The number of nitrogens with zero attached hydrogens (tertiary/aromatic N) is 1. The molecule has 1 aliphatic rings. The van der Waals surface area contributed by atoms with Crippen LogP contribution in [0, 0.1) is 0 Å². The minimum atomic E-state index is -0.859. The monoisotopic (exact) mass is 359 g/mol. The molecule has 1 atom stereocenters. The largest absolute Gasteiger partial charge is 0.481 e. The molecule has 0 fully saturated rings. The van der Waals surface area contributed by atoms with Gasteiger partial charge in [0.05, 0.1) is 5.69 Å². The summed E-state index contributed by atoms with van der Waals surface area (Å²) in [6.07, 6.45) is 3.41. The number of benzene rings is 1. The number of aryl methyl sites for hydroxylation is 1. The van der Waals surface area contributed by atoms with Crippen molar-refractivity contribution in [2.75, 3.05) is 11.9 Å². The minimum absolute atomic E-state index is 0.0483. The predicted octanol–water partition coefficient (Wildman–Crippen LogP) is 3.40. The molecule has 0 saturated heterocycles. The van der Waals surface area contributed by atoms with Crippen molar-refractivity contribution in [3.8, 4) is 0 Å². The molecule has 0 bridgehead atoms. The van der Waals surface area contributed by atoms with Crippen molar-refractivity contribution >= 4 is 28.5 Å². The second kappa shape index (κ2) is 8.11. The molecule has 3 rings (SSSR count). The summed E-state index contributed by atoms with van der Waals surface area (Å²) in [5, 5.41) is 14.6. The van der Waals surface area contributed by atoms with Crippen molar-refractivity contribution in [2.24, 2.45) is 0 Å². The van der Waals surface area contributed by atoms with Crippen LogP contribution in [0.4, 0.5) is 9.93 Å². The Bertz CT molecular complexity index is 745. The number of amides is 2. The first-order valence-electron chi connectivity index (χ1n) is 8.42. The van der Waals surface area contributed by atoms with Crippen molar-refractivity contribution in [2.45, 2.75) is 38.0 Å². The van der Waals surface area contributed by atoms with E-state index in [1.54, 1.807) is 0 Å². The number of urea groups is 1. The van der Waals surface area contributed by atoms with Crippen molar-refractivity contribution < 1.29 is 14.7 Å². The topological polar surface area (TPSA) is 91.3 Å². The molecule has 0 spiro atoms. The van der Waals surface area contributed by atoms with Gasteiger partial charge in [-0.25, -0.2) is 9.78 Å². The van der Waals surface area contributed by atoms with Gasteiger partial charge in [-0.05, 0) is 37.2 Å². The third kappa shape index (κ3) is 4.79. The molecule has 1 aromatic heterocycles. The summed E-state index contributed by atoms with van der Waals surface area (Å²) in [7, 11) is 0. The molecular formula is C18H21N3O3S. The number of carboxylic acid groups (broad SMARTS) is 1. The Kier molecular flexibility index (Phi) is 5.65. The molecule has 6 nitrogen and oxygen atoms in total. The number of aromatic nitrogens is 1. The third-order valence-corrected chi connectivity index (χ3v) is 5.32. The maximum absolute atomic E-state index is 11.9. The van der Waals surface area contributed by atoms with Gasteiger partial charge < -0.3 is 10.4 Å². The number of rotatable bonds is 6. The van der Waals surface area contributed by atoms with Crippen LogP contribution in [0.15, 0.2) is 30.3 Å². The van der Waals surface area contributed by atoms with Crippen LogP contribution in [0.2, 0.25) is 0 Å². The van der Waals surface area contributed by atoms with E-state index in [1.807, 2.05) is 6.07 Å². The van der Waals surface area contributed by atoms with E-state index in [2.05, 4.69) is 39.9 Å². The highest BCUT2D eigenvalue weighted by atomic mass is 32.1. The van der Waals surface area contributed by atoms with Gasteiger partial charge in [-0.15, -0.1) is 11.3 Å². The van der Waals surface area contributed by atoms with E-state index in [-0.39, 0.29) is 12.5 Å². The Balaban J connectivity index is 1.54. The molecule has 3 N–H and O–H groups in total. The number of carbonyl (C=O) groups excluding carboxylic acids is 1. The van der Waals surface area contributed by atoms with Crippen LogP contribution >= 0.6 is 11.3 Å². The summed E-state index contributed by atoms with van der Waals surface area (Å²) >= 11 is 1.53. The zero-order valence-electron chi connectivity index (χ0n) is 13.8. The molecule has 2 aromatic rings. The van der Waals surface area contributed by atoms with Crippen LogP contribution < -0.4 is 10.6 Å². The molecule has 25 heavy (non-hydrogen) atoms. The van der Waals surface area contributed by atoms with Gasteiger partial charge in [0.2, 0.25) is 0 Å². The van der Waals surface area contributed by atoms with Crippen LogP contribution in [-0.4, -0.2) is 28.6 Å². The van der Waals surface area contributed by atoms with E-state index in [9.17, 15) is 9.59 Å². The summed E-state index contributed by atoms with van der Waals surface area (Å²) < 4.78 is 0. The normalized spacial score (nSPS) is 16.1. The van der Waals surface area contributed by atoms with E-state index < -0.39 is 5.97 Å². The second-order valence-corrected chi connectivity index (χ2v) is 7.20. The predicted molar refractivity (Wildman–Crippen MR) is 97.2 cm³/mol. The number of anilines is 1. The summed E-state index contributed by atoms with van der Waals surface area (Å²) in [6, 6.07) is 10.2. The van der Waals surface area contributed by atoms with Crippen LogP contribution in [0.25, 0.3) is 0 Å². The van der Waals surface area contributed by atoms with E-state index in [4.69, 9.17) is 5.11 Å². The fourth-order valence-corrected chi connectivity index (χ4v) is 4.10. The van der Waals surface area contributed by atoms with E-state index >= 15 is 0 Å². The molecule has 7 heteroatoms. The smallest absolute Gasteiger partial charge is 0.321 e. The maximum atomic E-state index is 11.9. The summed E-state index contributed by atoms with van der Waals surface area (Å²) in [5.41, 5.74) is 2.44. The van der Waals surface area contributed by atoms with Crippen LogP contribution in [-0.2, 0) is 17.6 Å². The van der Waals surface area contributed by atoms with E-state index in [0.717, 1.165) is 25.0 Å². The first kappa shape index (κ1) is 17.4. The lowest BCUT2D eigenvalue weighted by Gasteiger charge is -2.21. The number of aliphatic carboxylic acids is 1. The van der Waals surface area contributed by atoms with Gasteiger partial charge in [-0.2, -0.15) is 0 Å². The van der Waals surface area contributed by atoms with Gasteiger partial charge in [0.1, 0.15) is 0 Å². The van der Waals surface area contributed by atoms with Gasteiger partial charge in [0, 0.05) is 17.8 Å². The first-order valence-corrected chi connectivity index (χ1v) is 9.23. The van der Waals surface area contributed by atoms with Gasteiger partial charge in [-0.1, -0.05) is 30.3 Å². The highest BCUT2D eigenvalue weighted by molar-refractivity contribution is 7.15. The number of thiazole rings is 1. The number of fused-ring (bicyclic) bond motifs is 1. The van der Waals surface area contributed by atoms with E-state index in [0.29, 0.717) is 24.0 Å². The number of hydrogen-bond donors (Lipinski definition) is 3. The highest BCUT2D eigenvalue weighted by Crippen LogP contribution is 2.36. The Morgan fingerprint density at radius 2 is 2.08 bits per heavy atom. The van der Waals surface area contributed by atoms with Gasteiger partial charge in [0.15, 0.2) is 5.13 Å². The molecule has 0 radical (unpaired) electrons. The van der Waals surface area contributed by atoms with Crippen LogP contribution in [0.1, 0.15) is 41.3 Å². The standard InChI is InChI=1S/C18H21N3O3S/c22-16(23)7-4-10-19-17(24)21-18-20-14-9-8-13(11-15(14)25-18)12-5-2-1-3-6-12/h1-3,5-6,13H,4,7-11H2,(H,22,23)(H2,19,20,21,24). The SMILES string of the molecule is O=C(O)CCCNC(=O)Nc1nc2c(s1)CC(c1ccccc1)CC2. The lowest BCUT2D eigenvalue weighted by atomic mass is 9.85. The number of carbonyl (C=O) groups is 2. The average molecular weight is 359 g/mol. The Morgan fingerprint density at radius 3 is 2.84 bits per heavy atom. The maximum Gasteiger partial charge on any atom is 0.321 e. The molecule has 1 aliphatic carbocycles. The van der Waals surface area contributed by atoms with Crippen molar-refractivity contribution in [1.82, 2.24) is 10.3 Å². The third-order valence-electron chi connectivity index (χ3n) is 4.28. The lowest BCUT2D eigenvalue weighted by molar-refractivity contribution is -0.137. The second-order valence-electron chi connectivity index (χ2n) is 6.12. The lowest BCUT2D eigenvalue weighted by Crippen LogP contribution is -2.29. The average Bonchev–Trinajstić information content (AvgIpc) is 3.00. The summed E-state index contributed by atoms with van der Waals surface area (Å²) in [5.74, 6) is -0.352. The molecule has 132 valence electrons. The molecule has 1 heterocycles. The Morgan fingerprint density at radius 1 is 1.28 bits per heavy atom. The molecule has 0 aliphatic heterocycles. The number of nitrogens with one attached hydrogen (secondary N) is 2. The zero-order valence-corrected chi connectivity index (χ0v) is 14.6. The molecule has 1 unspecified atom stereocenters. The Hall–Kier alpha value is -2.41.